The fourth-order valence-electron chi connectivity index (χ4n) is 2.01. The van der Waals surface area contributed by atoms with Crippen LogP contribution in [0.15, 0.2) is 0 Å². The molecular formula is C11H22ClNO. The highest BCUT2D eigenvalue weighted by atomic mass is 35.5. The fourth-order valence-corrected chi connectivity index (χ4v) is 2.25. The second-order valence-corrected chi connectivity index (χ2v) is 4.75. The van der Waals surface area contributed by atoms with Crippen LogP contribution < -0.4 is 5.32 Å². The summed E-state index contributed by atoms with van der Waals surface area (Å²) in [6, 6.07) is 0.746. The molecule has 1 fully saturated rings. The minimum absolute atomic E-state index is 0.163. The smallest absolute Gasteiger partial charge is 0.0626 e. The number of methoxy groups -OCH3 is 1. The summed E-state index contributed by atoms with van der Waals surface area (Å²) in [6.07, 6.45) is 7.89. The van der Waals surface area contributed by atoms with Gasteiger partial charge < -0.3 is 10.1 Å². The second kappa shape index (κ2) is 7.49. The van der Waals surface area contributed by atoms with Crippen LogP contribution in [0.25, 0.3) is 0 Å². The van der Waals surface area contributed by atoms with Crippen molar-refractivity contribution in [3.05, 3.63) is 0 Å². The van der Waals surface area contributed by atoms with Crippen molar-refractivity contribution in [3.63, 3.8) is 0 Å². The van der Waals surface area contributed by atoms with Gasteiger partial charge in [-0.3, -0.25) is 0 Å². The molecule has 0 aromatic carbocycles. The number of hydrogen-bond acceptors (Lipinski definition) is 2. The lowest BCUT2D eigenvalue weighted by Gasteiger charge is -2.23. The standard InChI is InChI=1S/C11H22ClNO/c1-14-9-10(12)7-8-13-11-5-3-2-4-6-11/h10-11,13H,2-9H2,1H3. The molecule has 3 heteroatoms. The van der Waals surface area contributed by atoms with Gasteiger partial charge in [0.15, 0.2) is 0 Å². The Morgan fingerprint density at radius 2 is 2.07 bits per heavy atom. The number of ether oxygens (including phenoxy) is 1. The van der Waals surface area contributed by atoms with E-state index in [0.717, 1.165) is 19.0 Å². The summed E-state index contributed by atoms with van der Waals surface area (Å²) in [7, 11) is 1.70. The Kier molecular flexibility index (Phi) is 6.57. The summed E-state index contributed by atoms with van der Waals surface area (Å²) in [5.74, 6) is 0. The van der Waals surface area contributed by atoms with E-state index in [-0.39, 0.29) is 5.38 Å². The minimum Gasteiger partial charge on any atom is -0.383 e. The first-order chi connectivity index (χ1) is 6.83. The normalized spacial score (nSPS) is 21.0. The summed E-state index contributed by atoms with van der Waals surface area (Å²) in [5, 5.41) is 3.73. The van der Waals surface area contributed by atoms with Crippen LogP contribution in [0.1, 0.15) is 38.5 Å². The van der Waals surface area contributed by atoms with Gasteiger partial charge in [-0.05, 0) is 25.8 Å². The maximum Gasteiger partial charge on any atom is 0.0626 e. The van der Waals surface area contributed by atoms with Crippen LogP contribution in [0, 0.1) is 0 Å². The predicted molar refractivity (Wildman–Crippen MR) is 61.0 cm³/mol. The van der Waals surface area contributed by atoms with E-state index >= 15 is 0 Å². The molecule has 1 N–H and O–H groups in total. The second-order valence-electron chi connectivity index (χ2n) is 4.13. The van der Waals surface area contributed by atoms with Gasteiger partial charge in [0.25, 0.3) is 0 Å². The summed E-state index contributed by atoms with van der Waals surface area (Å²) in [4.78, 5) is 0. The molecule has 0 amide bonds. The number of halogens is 1. The van der Waals surface area contributed by atoms with Gasteiger partial charge in [0, 0.05) is 13.2 Å². The van der Waals surface area contributed by atoms with Crippen molar-refractivity contribution in [3.8, 4) is 0 Å². The molecule has 84 valence electrons. The van der Waals surface area contributed by atoms with E-state index < -0.39 is 0 Å². The first-order valence-electron chi connectivity index (χ1n) is 5.69. The van der Waals surface area contributed by atoms with Crippen LogP contribution in [0.5, 0.6) is 0 Å². The molecule has 2 nitrogen and oxygen atoms in total. The van der Waals surface area contributed by atoms with Crippen LogP contribution in [0.4, 0.5) is 0 Å². The largest absolute Gasteiger partial charge is 0.383 e. The molecule has 0 aliphatic heterocycles. The van der Waals surface area contributed by atoms with Gasteiger partial charge in [-0.25, -0.2) is 0 Å². The van der Waals surface area contributed by atoms with Gasteiger partial charge in [-0.1, -0.05) is 19.3 Å². The van der Waals surface area contributed by atoms with E-state index in [2.05, 4.69) is 5.32 Å². The maximum atomic E-state index is 6.03. The van der Waals surface area contributed by atoms with E-state index in [9.17, 15) is 0 Å². The van der Waals surface area contributed by atoms with E-state index in [1.165, 1.54) is 32.1 Å². The zero-order valence-corrected chi connectivity index (χ0v) is 9.85. The molecule has 1 atom stereocenters. The lowest BCUT2D eigenvalue weighted by molar-refractivity contribution is 0.194. The first kappa shape index (κ1) is 12.3. The molecule has 0 spiro atoms. The molecule has 0 saturated heterocycles. The zero-order valence-electron chi connectivity index (χ0n) is 9.10. The van der Waals surface area contributed by atoms with Crippen LogP contribution in [0.2, 0.25) is 0 Å². The molecule has 1 saturated carbocycles. The zero-order chi connectivity index (χ0) is 10.2. The highest BCUT2D eigenvalue weighted by molar-refractivity contribution is 6.20. The summed E-state index contributed by atoms with van der Waals surface area (Å²) in [6.45, 7) is 1.69. The average molecular weight is 220 g/mol. The third-order valence-corrected chi connectivity index (χ3v) is 3.19. The molecule has 1 aliphatic rings. The van der Waals surface area contributed by atoms with Gasteiger partial charge in [0.1, 0.15) is 0 Å². The first-order valence-corrected chi connectivity index (χ1v) is 6.13. The summed E-state index contributed by atoms with van der Waals surface area (Å²) < 4.78 is 4.99. The Morgan fingerprint density at radius 3 is 2.71 bits per heavy atom. The van der Waals surface area contributed by atoms with E-state index in [4.69, 9.17) is 16.3 Å². The molecule has 1 unspecified atom stereocenters. The van der Waals surface area contributed by atoms with Crippen molar-refractivity contribution < 1.29 is 4.74 Å². The van der Waals surface area contributed by atoms with Crippen molar-refractivity contribution in [2.45, 2.75) is 49.9 Å². The molecule has 14 heavy (non-hydrogen) atoms. The Balaban J connectivity index is 1.96. The molecule has 0 bridgehead atoms. The Morgan fingerprint density at radius 1 is 1.36 bits per heavy atom. The molecule has 0 radical (unpaired) electrons. The monoisotopic (exact) mass is 219 g/mol. The summed E-state index contributed by atoms with van der Waals surface area (Å²) in [5.41, 5.74) is 0. The van der Waals surface area contributed by atoms with Gasteiger partial charge in [0.2, 0.25) is 0 Å². The Hall–Kier alpha value is 0.210. The van der Waals surface area contributed by atoms with Crippen molar-refractivity contribution in [2.24, 2.45) is 0 Å². The topological polar surface area (TPSA) is 21.3 Å². The number of hydrogen-bond donors (Lipinski definition) is 1. The molecule has 0 heterocycles. The van der Waals surface area contributed by atoms with E-state index in [1.807, 2.05) is 0 Å². The van der Waals surface area contributed by atoms with E-state index in [1.54, 1.807) is 7.11 Å². The van der Waals surface area contributed by atoms with Crippen LogP contribution in [-0.2, 0) is 4.74 Å². The summed E-state index contributed by atoms with van der Waals surface area (Å²) >= 11 is 6.03. The van der Waals surface area contributed by atoms with Gasteiger partial charge in [-0.2, -0.15) is 0 Å². The minimum atomic E-state index is 0.163. The third-order valence-electron chi connectivity index (χ3n) is 2.84. The third kappa shape index (κ3) is 5.18. The van der Waals surface area contributed by atoms with E-state index in [0.29, 0.717) is 6.61 Å². The van der Waals surface area contributed by atoms with Crippen LogP contribution >= 0.6 is 11.6 Å². The quantitative estimate of drug-likeness (QED) is 0.694. The van der Waals surface area contributed by atoms with Crippen molar-refractivity contribution in [2.75, 3.05) is 20.3 Å². The maximum absolute atomic E-state index is 6.03. The molecule has 1 aliphatic carbocycles. The molecule has 0 aromatic rings. The van der Waals surface area contributed by atoms with Crippen molar-refractivity contribution in [1.29, 1.82) is 0 Å². The highest BCUT2D eigenvalue weighted by Gasteiger charge is 2.12. The van der Waals surface area contributed by atoms with Gasteiger partial charge in [0.05, 0.1) is 12.0 Å². The van der Waals surface area contributed by atoms with Crippen molar-refractivity contribution in [1.82, 2.24) is 5.32 Å². The molecular weight excluding hydrogens is 198 g/mol. The number of alkyl halides is 1. The van der Waals surface area contributed by atoms with Gasteiger partial charge >= 0.3 is 0 Å². The lowest BCUT2D eigenvalue weighted by atomic mass is 9.95. The Labute approximate surface area is 92.3 Å². The number of rotatable bonds is 6. The molecule has 0 aromatic heterocycles. The van der Waals surface area contributed by atoms with Crippen molar-refractivity contribution >= 4 is 11.6 Å². The predicted octanol–water partition coefficient (Wildman–Crippen LogP) is 2.55. The lowest BCUT2D eigenvalue weighted by Crippen LogP contribution is -2.33. The number of nitrogens with one attached hydrogen (secondary N) is 1. The van der Waals surface area contributed by atoms with Crippen LogP contribution in [0.3, 0.4) is 0 Å². The van der Waals surface area contributed by atoms with Crippen LogP contribution in [-0.4, -0.2) is 31.7 Å². The Bertz CT molecular complexity index is 137. The fraction of sp³-hybridized carbons (Fsp3) is 1.00. The SMILES string of the molecule is COCC(Cl)CCNC1CCCCC1. The highest BCUT2D eigenvalue weighted by Crippen LogP contribution is 2.17. The molecule has 1 rings (SSSR count). The average Bonchev–Trinajstić information content (AvgIpc) is 2.20. The van der Waals surface area contributed by atoms with Gasteiger partial charge in [-0.15, -0.1) is 11.6 Å².